The number of amides is 2. The Morgan fingerprint density at radius 1 is 1.17 bits per heavy atom. The first-order valence-electron chi connectivity index (χ1n) is 7.90. The maximum Gasteiger partial charge on any atom is 0.223 e. The molecule has 6 heteroatoms. The van der Waals surface area contributed by atoms with E-state index < -0.39 is 0 Å². The molecule has 1 aromatic rings. The minimum Gasteiger partial charge on any atom is -0.497 e. The number of carbonyl (C=O) groups excluding carboxylic acids is 2. The maximum absolute atomic E-state index is 12.1. The zero-order valence-electron chi connectivity index (χ0n) is 13.7. The Labute approximate surface area is 136 Å². The average molecular weight is 320 g/mol. The minimum absolute atomic E-state index is 0.00779. The number of piperidine rings is 1. The van der Waals surface area contributed by atoms with Gasteiger partial charge in [-0.3, -0.25) is 9.59 Å². The molecule has 0 radical (unpaired) electrons. The average Bonchev–Trinajstić information content (AvgIpc) is 2.59. The van der Waals surface area contributed by atoms with Crippen molar-refractivity contribution in [3.8, 4) is 11.5 Å². The summed E-state index contributed by atoms with van der Waals surface area (Å²) in [5.41, 5.74) is 0. The number of nitrogens with zero attached hydrogens (tertiary/aromatic N) is 1. The summed E-state index contributed by atoms with van der Waals surface area (Å²) in [4.78, 5) is 25.1. The maximum atomic E-state index is 12.1. The third kappa shape index (κ3) is 5.16. The molecule has 1 aliphatic heterocycles. The van der Waals surface area contributed by atoms with Crippen molar-refractivity contribution in [3.63, 3.8) is 0 Å². The normalized spacial score (nSPS) is 15.1. The largest absolute Gasteiger partial charge is 0.497 e. The topological polar surface area (TPSA) is 67.9 Å². The fourth-order valence-electron chi connectivity index (χ4n) is 2.62. The van der Waals surface area contributed by atoms with Crippen LogP contribution in [0.5, 0.6) is 11.5 Å². The van der Waals surface area contributed by atoms with Gasteiger partial charge in [0.05, 0.1) is 13.7 Å². The number of carbonyl (C=O) groups is 2. The summed E-state index contributed by atoms with van der Waals surface area (Å²) in [6, 6.07) is 7.32. The number of nitrogens with one attached hydrogen (secondary N) is 1. The van der Waals surface area contributed by atoms with Gasteiger partial charge in [0.1, 0.15) is 18.1 Å². The number of hydrogen-bond donors (Lipinski definition) is 1. The molecule has 1 aliphatic rings. The predicted molar refractivity (Wildman–Crippen MR) is 86.5 cm³/mol. The molecule has 0 saturated carbocycles. The van der Waals surface area contributed by atoms with Crippen molar-refractivity contribution < 1.29 is 19.1 Å². The number of likely N-dealkylation sites (tertiary alicyclic amines) is 1. The second-order valence-corrected chi connectivity index (χ2v) is 5.60. The van der Waals surface area contributed by atoms with E-state index in [2.05, 4.69) is 5.32 Å². The Morgan fingerprint density at radius 2 is 1.78 bits per heavy atom. The quantitative estimate of drug-likeness (QED) is 0.806. The number of benzene rings is 1. The fraction of sp³-hybridized carbons (Fsp3) is 0.529. The molecule has 2 rings (SSSR count). The molecular formula is C17H24N2O4. The molecule has 0 atom stereocenters. The van der Waals surface area contributed by atoms with Crippen LogP contribution in [0.4, 0.5) is 0 Å². The fourth-order valence-corrected chi connectivity index (χ4v) is 2.62. The Balaban J connectivity index is 1.64. The van der Waals surface area contributed by atoms with Crippen LogP contribution >= 0.6 is 0 Å². The van der Waals surface area contributed by atoms with Gasteiger partial charge in [-0.1, -0.05) is 0 Å². The molecule has 1 aromatic carbocycles. The first-order valence-corrected chi connectivity index (χ1v) is 7.90. The molecule has 23 heavy (non-hydrogen) atoms. The van der Waals surface area contributed by atoms with Crippen LogP contribution in [-0.2, 0) is 9.59 Å². The SMILES string of the molecule is COc1ccc(OCCNC(=O)C2CCN(C(C)=O)CC2)cc1. The van der Waals surface area contributed by atoms with Crippen LogP contribution in [0.3, 0.4) is 0 Å². The van der Waals surface area contributed by atoms with Crippen molar-refractivity contribution in [3.05, 3.63) is 24.3 Å². The highest BCUT2D eigenvalue weighted by molar-refractivity contribution is 5.79. The smallest absolute Gasteiger partial charge is 0.223 e. The monoisotopic (exact) mass is 320 g/mol. The van der Waals surface area contributed by atoms with Crippen molar-refractivity contribution >= 4 is 11.8 Å². The van der Waals surface area contributed by atoms with Gasteiger partial charge in [-0.2, -0.15) is 0 Å². The molecule has 126 valence electrons. The van der Waals surface area contributed by atoms with Crippen LogP contribution in [0.2, 0.25) is 0 Å². The van der Waals surface area contributed by atoms with E-state index in [0.29, 0.717) is 26.2 Å². The Kier molecular flexibility index (Phi) is 6.26. The molecule has 2 amide bonds. The van der Waals surface area contributed by atoms with E-state index in [1.54, 1.807) is 18.9 Å². The lowest BCUT2D eigenvalue weighted by Gasteiger charge is -2.30. The van der Waals surface area contributed by atoms with E-state index in [1.165, 1.54) is 0 Å². The first kappa shape index (κ1) is 17.1. The highest BCUT2D eigenvalue weighted by Gasteiger charge is 2.25. The van der Waals surface area contributed by atoms with E-state index >= 15 is 0 Å². The van der Waals surface area contributed by atoms with Crippen molar-refractivity contribution in [2.45, 2.75) is 19.8 Å². The van der Waals surface area contributed by atoms with Crippen LogP contribution in [0, 0.1) is 5.92 Å². The minimum atomic E-state index is -0.00779. The van der Waals surface area contributed by atoms with Gasteiger partial charge in [-0.15, -0.1) is 0 Å². The van der Waals surface area contributed by atoms with Gasteiger partial charge >= 0.3 is 0 Å². The first-order chi connectivity index (χ1) is 11.1. The van der Waals surface area contributed by atoms with Gasteiger partial charge in [-0.05, 0) is 37.1 Å². The van der Waals surface area contributed by atoms with E-state index in [-0.39, 0.29) is 17.7 Å². The number of hydrogen-bond acceptors (Lipinski definition) is 4. The zero-order valence-corrected chi connectivity index (χ0v) is 13.7. The van der Waals surface area contributed by atoms with Crippen LogP contribution < -0.4 is 14.8 Å². The lowest BCUT2D eigenvalue weighted by atomic mass is 9.96. The second kappa shape index (κ2) is 8.41. The molecule has 6 nitrogen and oxygen atoms in total. The zero-order chi connectivity index (χ0) is 16.7. The van der Waals surface area contributed by atoms with E-state index in [0.717, 1.165) is 24.3 Å². The molecule has 0 unspecified atom stereocenters. The van der Waals surface area contributed by atoms with Crippen molar-refractivity contribution in [1.29, 1.82) is 0 Å². The lowest BCUT2D eigenvalue weighted by Crippen LogP contribution is -2.42. The van der Waals surface area contributed by atoms with Gasteiger partial charge in [0.15, 0.2) is 0 Å². The molecule has 1 heterocycles. The molecule has 1 N–H and O–H groups in total. The molecule has 1 fully saturated rings. The van der Waals surface area contributed by atoms with Gasteiger partial charge in [0.25, 0.3) is 0 Å². The molecule has 0 aromatic heterocycles. The third-order valence-corrected chi connectivity index (χ3v) is 4.04. The standard InChI is InChI=1S/C17H24N2O4/c1-13(20)19-10-7-14(8-11-19)17(21)18-9-12-23-16-5-3-15(22-2)4-6-16/h3-6,14H,7-12H2,1-2H3,(H,18,21). The van der Waals surface area contributed by atoms with Gasteiger partial charge < -0.3 is 19.7 Å². The molecule has 0 aliphatic carbocycles. The van der Waals surface area contributed by atoms with Crippen LogP contribution in [-0.4, -0.2) is 50.1 Å². The van der Waals surface area contributed by atoms with Crippen molar-refractivity contribution in [2.24, 2.45) is 5.92 Å². The second-order valence-electron chi connectivity index (χ2n) is 5.60. The van der Waals surface area contributed by atoms with Crippen LogP contribution in [0.15, 0.2) is 24.3 Å². The summed E-state index contributed by atoms with van der Waals surface area (Å²) in [6.45, 7) is 3.78. The Morgan fingerprint density at radius 3 is 2.35 bits per heavy atom. The highest BCUT2D eigenvalue weighted by Crippen LogP contribution is 2.18. The molecule has 1 saturated heterocycles. The Hall–Kier alpha value is -2.24. The predicted octanol–water partition coefficient (Wildman–Crippen LogP) is 1.45. The van der Waals surface area contributed by atoms with E-state index in [1.807, 2.05) is 24.3 Å². The summed E-state index contributed by atoms with van der Waals surface area (Å²) in [6.07, 6.45) is 1.45. The number of methoxy groups -OCH3 is 1. The van der Waals surface area contributed by atoms with E-state index in [9.17, 15) is 9.59 Å². The molecular weight excluding hydrogens is 296 g/mol. The summed E-state index contributed by atoms with van der Waals surface area (Å²) < 4.78 is 10.6. The van der Waals surface area contributed by atoms with Crippen LogP contribution in [0.25, 0.3) is 0 Å². The highest BCUT2D eigenvalue weighted by atomic mass is 16.5. The summed E-state index contributed by atoms with van der Waals surface area (Å²) in [7, 11) is 1.62. The Bertz CT molecular complexity index is 522. The summed E-state index contributed by atoms with van der Waals surface area (Å²) in [5, 5.41) is 2.90. The van der Waals surface area contributed by atoms with Gasteiger partial charge in [0, 0.05) is 25.9 Å². The lowest BCUT2D eigenvalue weighted by molar-refractivity contribution is -0.133. The molecule has 0 spiro atoms. The van der Waals surface area contributed by atoms with Gasteiger partial charge in [0.2, 0.25) is 11.8 Å². The molecule has 0 bridgehead atoms. The van der Waals surface area contributed by atoms with Crippen molar-refractivity contribution in [1.82, 2.24) is 10.2 Å². The van der Waals surface area contributed by atoms with Crippen LogP contribution in [0.1, 0.15) is 19.8 Å². The third-order valence-electron chi connectivity index (χ3n) is 4.04. The van der Waals surface area contributed by atoms with Crippen molar-refractivity contribution in [2.75, 3.05) is 33.4 Å². The number of ether oxygens (including phenoxy) is 2. The summed E-state index contributed by atoms with van der Waals surface area (Å²) >= 11 is 0. The van der Waals surface area contributed by atoms with Gasteiger partial charge in [-0.25, -0.2) is 0 Å². The van der Waals surface area contributed by atoms with E-state index in [4.69, 9.17) is 9.47 Å². The summed E-state index contributed by atoms with van der Waals surface area (Å²) in [5.74, 6) is 1.65. The number of rotatable bonds is 6.